The fourth-order valence-corrected chi connectivity index (χ4v) is 9.44. The first-order valence-corrected chi connectivity index (χ1v) is 13.2. The predicted octanol–water partition coefficient (Wildman–Crippen LogP) is 4.38. The maximum atomic E-state index is 11.6. The highest BCUT2D eigenvalue weighted by atomic mass is 16.3. The van der Waals surface area contributed by atoms with Crippen molar-refractivity contribution < 1.29 is 20.4 Å². The quantitative estimate of drug-likeness (QED) is 0.515. The minimum absolute atomic E-state index is 0.0288. The zero-order valence-electron chi connectivity index (χ0n) is 20.5. The summed E-state index contributed by atoms with van der Waals surface area (Å²) in [4.78, 5) is 0. The van der Waals surface area contributed by atoms with Crippen LogP contribution in [0.25, 0.3) is 0 Å². The lowest BCUT2D eigenvalue weighted by Crippen LogP contribution is -2.61. The average molecular weight is 437 g/mol. The van der Waals surface area contributed by atoms with Crippen molar-refractivity contribution in [1.29, 1.82) is 0 Å². The van der Waals surface area contributed by atoms with E-state index in [4.69, 9.17) is 0 Å². The molecule has 4 N–H and O–H groups in total. The molecule has 0 spiro atoms. The van der Waals surface area contributed by atoms with Crippen molar-refractivity contribution in [3.05, 3.63) is 0 Å². The first kappa shape index (κ1) is 24.0. The second kappa shape index (κ2) is 8.56. The van der Waals surface area contributed by atoms with Crippen LogP contribution in [-0.4, -0.2) is 44.8 Å². The minimum Gasteiger partial charge on any atom is -0.393 e. The number of hydrogen-bond acceptors (Lipinski definition) is 4. The van der Waals surface area contributed by atoms with E-state index in [0.29, 0.717) is 41.9 Å². The fraction of sp³-hybridized carbons (Fsp3) is 1.00. The van der Waals surface area contributed by atoms with E-state index < -0.39 is 0 Å². The molecule has 0 amide bonds. The lowest BCUT2D eigenvalue weighted by atomic mass is 9.43. The Bertz CT molecular complexity index is 637. The van der Waals surface area contributed by atoms with Crippen LogP contribution in [0.4, 0.5) is 0 Å². The van der Waals surface area contributed by atoms with Crippen LogP contribution in [0.15, 0.2) is 0 Å². The van der Waals surface area contributed by atoms with Gasteiger partial charge >= 0.3 is 0 Å². The molecule has 4 fully saturated rings. The Labute approximate surface area is 189 Å². The lowest BCUT2D eigenvalue weighted by Gasteiger charge is -2.63. The summed E-state index contributed by atoms with van der Waals surface area (Å²) in [7, 11) is 0. The number of aliphatic hydroxyl groups excluding tert-OH is 4. The molecule has 0 saturated heterocycles. The Morgan fingerprint density at radius 2 is 1.55 bits per heavy atom. The number of aliphatic hydroxyl groups is 4. The summed E-state index contributed by atoms with van der Waals surface area (Å²) in [6.07, 6.45) is 6.95. The third-order valence-electron chi connectivity index (χ3n) is 10.9. The molecule has 180 valence electrons. The predicted molar refractivity (Wildman–Crippen MR) is 123 cm³/mol. The largest absolute Gasteiger partial charge is 0.393 e. The number of hydrogen-bond donors (Lipinski definition) is 4. The van der Waals surface area contributed by atoms with E-state index in [0.717, 1.165) is 51.4 Å². The van der Waals surface area contributed by atoms with Gasteiger partial charge in [0.05, 0.1) is 24.4 Å². The van der Waals surface area contributed by atoms with Crippen molar-refractivity contribution in [2.75, 3.05) is 0 Å². The van der Waals surface area contributed by atoms with Crippen LogP contribution in [0, 0.1) is 52.3 Å². The van der Waals surface area contributed by atoms with Gasteiger partial charge in [-0.2, -0.15) is 0 Å². The molecule has 0 aromatic carbocycles. The molecule has 31 heavy (non-hydrogen) atoms. The van der Waals surface area contributed by atoms with Gasteiger partial charge in [0.15, 0.2) is 0 Å². The van der Waals surface area contributed by atoms with E-state index in [-0.39, 0.29) is 41.2 Å². The molecule has 0 heterocycles. The van der Waals surface area contributed by atoms with Crippen LogP contribution in [0.5, 0.6) is 0 Å². The monoisotopic (exact) mass is 436 g/mol. The molecule has 4 rings (SSSR count). The lowest BCUT2D eigenvalue weighted by molar-refractivity contribution is -0.202. The molecule has 4 aliphatic rings. The molecule has 12 atom stereocenters. The molecule has 0 aromatic heterocycles. The van der Waals surface area contributed by atoms with Crippen LogP contribution in [-0.2, 0) is 0 Å². The normalized spacial score (nSPS) is 51.7. The topological polar surface area (TPSA) is 80.9 Å². The molecular weight excluding hydrogens is 388 g/mol. The van der Waals surface area contributed by atoms with Gasteiger partial charge in [-0.25, -0.2) is 0 Å². The van der Waals surface area contributed by atoms with Gasteiger partial charge in [0.2, 0.25) is 0 Å². The molecule has 4 aliphatic carbocycles. The highest BCUT2D eigenvalue weighted by Crippen LogP contribution is 2.68. The van der Waals surface area contributed by atoms with Gasteiger partial charge in [0.1, 0.15) is 0 Å². The molecule has 0 aliphatic heterocycles. The zero-order chi connectivity index (χ0) is 22.7. The van der Waals surface area contributed by atoms with Gasteiger partial charge in [-0.05, 0) is 110 Å². The summed E-state index contributed by atoms with van der Waals surface area (Å²) in [6.45, 7) is 11.3. The minimum atomic E-state index is -0.329. The first-order chi connectivity index (χ1) is 14.5. The molecule has 4 saturated carbocycles. The number of rotatable bonds is 5. The van der Waals surface area contributed by atoms with Gasteiger partial charge < -0.3 is 20.4 Å². The van der Waals surface area contributed by atoms with Gasteiger partial charge in [-0.15, -0.1) is 0 Å². The maximum Gasteiger partial charge on any atom is 0.0602 e. The highest BCUT2D eigenvalue weighted by Gasteiger charge is 2.65. The zero-order valence-corrected chi connectivity index (χ0v) is 20.5. The van der Waals surface area contributed by atoms with Crippen LogP contribution >= 0.6 is 0 Å². The Morgan fingerprint density at radius 1 is 0.839 bits per heavy atom. The molecule has 0 bridgehead atoms. The second-order valence-corrected chi connectivity index (χ2v) is 13.0. The van der Waals surface area contributed by atoms with E-state index in [1.165, 1.54) is 0 Å². The van der Waals surface area contributed by atoms with Crippen molar-refractivity contribution in [2.45, 2.75) is 117 Å². The molecule has 4 heteroatoms. The molecular formula is C27H48O4. The Balaban J connectivity index is 1.56. The van der Waals surface area contributed by atoms with Crippen molar-refractivity contribution in [3.63, 3.8) is 0 Å². The Hall–Kier alpha value is -0.160. The Kier molecular flexibility index (Phi) is 6.62. The van der Waals surface area contributed by atoms with Crippen molar-refractivity contribution in [3.8, 4) is 0 Å². The van der Waals surface area contributed by atoms with Crippen LogP contribution in [0.3, 0.4) is 0 Å². The van der Waals surface area contributed by atoms with Crippen LogP contribution in [0.1, 0.15) is 92.4 Å². The second-order valence-electron chi connectivity index (χ2n) is 13.0. The summed E-state index contributed by atoms with van der Waals surface area (Å²) in [5.74, 6) is 2.87. The SMILES string of the molecule is CC(C)C[C@@H](O)C[C@@H](C)[C@H]1CC[C@H]2[C@@H]3C[C@H](O)[C@@H]4C[C@@H](O)CC[C@]4(C)[C@@H]3C[C@H](O)[C@]12C. The average Bonchev–Trinajstić information content (AvgIpc) is 3.03. The van der Waals surface area contributed by atoms with Gasteiger partial charge in [0.25, 0.3) is 0 Å². The van der Waals surface area contributed by atoms with Crippen molar-refractivity contribution >= 4 is 0 Å². The summed E-state index contributed by atoms with van der Waals surface area (Å²) >= 11 is 0. The fourth-order valence-electron chi connectivity index (χ4n) is 9.44. The Morgan fingerprint density at radius 3 is 2.23 bits per heavy atom. The van der Waals surface area contributed by atoms with Crippen molar-refractivity contribution in [1.82, 2.24) is 0 Å². The molecule has 4 nitrogen and oxygen atoms in total. The first-order valence-electron chi connectivity index (χ1n) is 13.2. The third-order valence-corrected chi connectivity index (χ3v) is 10.9. The molecule has 0 unspecified atom stereocenters. The summed E-state index contributed by atoms with van der Waals surface area (Å²) < 4.78 is 0. The standard InChI is InChI=1S/C27H48O4/c1-15(2)10-18(29)11-16(3)20-6-7-21-19-13-24(30)23-12-17(28)8-9-26(23,4)22(19)14-25(31)27(20,21)5/h15-25,28-31H,6-14H2,1-5H3/t16-,17+,18-,19+,20-,21+,22-,23+,24+,25+,26-,27-/m1/s1. The van der Waals surface area contributed by atoms with Crippen LogP contribution in [0.2, 0.25) is 0 Å². The molecule has 0 radical (unpaired) electrons. The van der Waals surface area contributed by atoms with Gasteiger partial charge in [-0.3, -0.25) is 0 Å². The smallest absolute Gasteiger partial charge is 0.0602 e. The molecule has 0 aromatic rings. The number of fused-ring (bicyclic) bond motifs is 5. The summed E-state index contributed by atoms with van der Waals surface area (Å²) in [5, 5.41) is 43.6. The van der Waals surface area contributed by atoms with Crippen molar-refractivity contribution in [2.24, 2.45) is 52.3 Å². The van der Waals surface area contributed by atoms with Gasteiger partial charge in [0, 0.05) is 0 Å². The van der Waals surface area contributed by atoms with E-state index >= 15 is 0 Å². The highest BCUT2D eigenvalue weighted by molar-refractivity contribution is 5.14. The summed E-state index contributed by atoms with van der Waals surface area (Å²) in [5.41, 5.74) is -0.0870. The van der Waals surface area contributed by atoms with Gasteiger partial charge in [-0.1, -0.05) is 34.6 Å². The van der Waals surface area contributed by atoms with E-state index in [1.807, 2.05) is 0 Å². The maximum absolute atomic E-state index is 11.6. The summed E-state index contributed by atoms with van der Waals surface area (Å²) in [6, 6.07) is 0. The third kappa shape index (κ3) is 3.92. The van der Waals surface area contributed by atoms with Crippen LogP contribution < -0.4 is 0 Å². The van der Waals surface area contributed by atoms with E-state index in [9.17, 15) is 20.4 Å². The van der Waals surface area contributed by atoms with E-state index in [2.05, 4.69) is 34.6 Å². The van der Waals surface area contributed by atoms with E-state index in [1.54, 1.807) is 0 Å².